The molecular weight excluding hydrogens is 246 g/mol. The molecule has 0 saturated carbocycles. The molecule has 0 aliphatic heterocycles. The number of benzene rings is 1. The zero-order valence-corrected chi connectivity index (χ0v) is 12.6. The van der Waals surface area contributed by atoms with Gasteiger partial charge in [-0.05, 0) is 57.1 Å². The van der Waals surface area contributed by atoms with Crippen molar-refractivity contribution in [1.29, 1.82) is 0 Å². The quantitative estimate of drug-likeness (QED) is 0.841. The minimum atomic E-state index is 0.760. The van der Waals surface area contributed by atoms with E-state index in [1.165, 1.54) is 17.4 Å². The fourth-order valence-electron chi connectivity index (χ4n) is 2.67. The molecule has 3 heteroatoms. The molecule has 0 unspecified atom stereocenters. The normalized spacial score (nSPS) is 11.4. The molecule has 1 aromatic carbocycles. The van der Waals surface area contributed by atoms with Crippen molar-refractivity contribution in [2.75, 3.05) is 19.6 Å². The van der Waals surface area contributed by atoms with E-state index in [-0.39, 0.29) is 0 Å². The molecule has 2 N–H and O–H groups in total. The molecule has 0 atom stereocenters. The van der Waals surface area contributed by atoms with Gasteiger partial charge >= 0.3 is 0 Å². The number of fused-ring (bicyclic) bond motifs is 1. The lowest BCUT2D eigenvalue weighted by molar-refractivity contribution is 0.265. The maximum absolute atomic E-state index is 5.64. The molecule has 0 saturated heterocycles. The molecule has 0 bridgehead atoms. The highest BCUT2D eigenvalue weighted by atomic mass is 15.1. The Morgan fingerprint density at radius 2 is 2.00 bits per heavy atom. The first kappa shape index (κ1) is 14.9. The van der Waals surface area contributed by atoms with Gasteiger partial charge in [-0.25, -0.2) is 0 Å². The lowest BCUT2D eigenvalue weighted by Gasteiger charge is -2.22. The third kappa shape index (κ3) is 3.78. The summed E-state index contributed by atoms with van der Waals surface area (Å²) in [4.78, 5) is 7.11. The third-order valence-electron chi connectivity index (χ3n) is 3.54. The number of rotatable bonds is 7. The summed E-state index contributed by atoms with van der Waals surface area (Å²) in [6, 6.07) is 10.6. The average Bonchev–Trinajstić information content (AvgIpc) is 2.44. The summed E-state index contributed by atoms with van der Waals surface area (Å²) in [7, 11) is 0. The summed E-state index contributed by atoms with van der Waals surface area (Å²) in [5.41, 5.74) is 9.20. The summed E-state index contributed by atoms with van der Waals surface area (Å²) in [5, 5.41) is 1.27. The molecule has 0 amide bonds. The summed E-state index contributed by atoms with van der Waals surface area (Å²) in [5.74, 6) is 0. The molecule has 0 aliphatic carbocycles. The van der Waals surface area contributed by atoms with Crippen LogP contribution in [0.25, 0.3) is 10.9 Å². The van der Waals surface area contributed by atoms with E-state index in [0.717, 1.165) is 43.8 Å². The van der Waals surface area contributed by atoms with Crippen LogP contribution in [0, 0.1) is 6.92 Å². The maximum Gasteiger partial charge on any atom is 0.0708 e. The number of pyridine rings is 1. The fraction of sp³-hybridized carbons (Fsp3) is 0.471. The molecule has 2 aromatic rings. The van der Waals surface area contributed by atoms with E-state index in [9.17, 15) is 0 Å². The molecule has 3 nitrogen and oxygen atoms in total. The van der Waals surface area contributed by atoms with Gasteiger partial charge in [0.15, 0.2) is 0 Å². The van der Waals surface area contributed by atoms with Crippen molar-refractivity contribution in [2.24, 2.45) is 5.73 Å². The number of nitrogens with two attached hydrogens (primary N) is 1. The van der Waals surface area contributed by atoms with Gasteiger partial charge in [-0.2, -0.15) is 0 Å². The van der Waals surface area contributed by atoms with E-state index in [1.54, 1.807) is 0 Å². The Morgan fingerprint density at radius 1 is 1.20 bits per heavy atom. The van der Waals surface area contributed by atoms with E-state index < -0.39 is 0 Å². The van der Waals surface area contributed by atoms with E-state index in [0.29, 0.717) is 0 Å². The SMILES string of the molecule is CCCN(CCCN)Cc1cc(C)nc2ccccc12. The molecule has 1 aromatic heterocycles. The van der Waals surface area contributed by atoms with Crippen molar-refractivity contribution in [3.05, 3.63) is 41.6 Å². The standard InChI is InChI=1S/C17H25N3/c1-3-10-20(11-6-9-18)13-15-12-14(2)19-17-8-5-4-7-16(15)17/h4-5,7-8,12H,3,6,9-11,13,18H2,1-2H3. The van der Waals surface area contributed by atoms with Crippen molar-refractivity contribution in [3.63, 3.8) is 0 Å². The number of aryl methyl sites for hydroxylation is 1. The molecule has 0 radical (unpaired) electrons. The Kier molecular flexibility index (Phi) is 5.50. The molecule has 20 heavy (non-hydrogen) atoms. The van der Waals surface area contributed by atoms with E-state index in [4.69, 9.17) is 5.73 Å². The average molecular weight is 271 g/mol. The lowest BCUT2D eigenvalue weighted by Crippen LogP contribution is -2.27. The number of hydrogen-bond acceptors (Lipinski definition) is 3. The number of hydrogen-bond donors (Lipinski definition) is 1. The molecule has 108 valence electrons. The van der Waals surface area contributed by atoms with Gasteiger partial charge in [0.1, 0.15) is 0 Å². The van der Waals surface area contributed by atoms with Gasteiger partial charge in [0, 0.05) is 17.6 Å². The van der Waals surface area contributed by atoms with E-state index in [2.05, 4.69) is 54.1 Å². The third-order valence-corrected chi connectivity index (χ3v) is 3.54. The van der Waals surface area contributed by atoms with Crippen LogP contribution in [0.2, 0.25) is 0 Å². The van der Waals surface area contributed by atoms with Gasteiger partial charge in [-0.3, -0.25) is 9.88 Å². The Bertz CT molecular complexity index is 551. The van der Waals surface area contributed by atoms with Gasteiger partial charge in [0.25, 0.3) is 0 Å². The second-order valence-electron chi connectivity index (χ2n) is 5.36. The summed E-state index contributed by atoms with van der Waals surface area (Å²) in [6.07, 6.45) is 2.23. The van der Waals surface area contributed by atoms with Crippen molar-refractivity contribution in [3.8, 4) is 0 Å². The second kappa shape index (κ2) is 7.36. The zero-order chi connectivity index (χ0) is 14.4. The van der Waals surface area contributed by atoms with Crippen LogP contribution in [0.15, 0.2) is 30.3 Å². The van der Waals surface area contributed by atoms with Crippen LogP contribution in [-0.4, -0.2) is 29.5 Å². The van der Waals surface area contributed by atoms with E-state index in [1.807, 2.05) is 0 Å². The Morgan fingerprint density at radius 3 is 2.75 bits per heavy atom. The second-order valence-corrected chi connectivity index (χ2v) is 5.36. The van der Waals surface area contributed by atoms with Gasteiger partial charge < -0.3 is 5.73 Å². The number of para-hydroxylation sites is 1. The predicted molar refractivity (Wildman–Crippen MR) is 85.7 cm³/mol. The van der Waals surface area contributed by atoms with Crippen LogP contribution in [0.1, 0.15) is 31.0 Å². The van der Waals surface area contributed by atoms with Crippen LogP contribution in [0.3, 0.4) is 0 Å². The van der Waals surface area contributed by atoms with Crippen LogP contribution < -0.4 is 5.73 Å². The monoisotopic (exact) mass is 271 g/mol. The topological polar surface area (TPSA) is 42.1 Å². The van der Waals surface area contributed by atoms with Crippen LogP contribution >= 0.6 is 0 Å². The van der Waals surface area contributed by atoms with Gasteiger partial charge in [-0.1, -0.05) is 25.1 Å². The fourth-order valence-corrected chi connectivity index (χ4v) is 2.67. The van der Waals surface area contributed by atoms with E-state index >= 15 is 0 Å². The number of nitrogens with zero attached hydrogens (tertiary/aromatic N) is 2. The Balaban J connectivity index is 2.26. The zero-order valence-electron chi connectivity index (χ0n) is 12.6. The minimum Gasteiger partial charge on any atom is -0.330 e. The predicted octanol–water partition coefficient (Wildman–Crippen LogP) is 3.10. The lowest BCUT2D eigenvalue weighted by atomic mass is 10.1. The minimum absolute atomic E-state index is 0.760. The van der Waals surface area contributed by atoms with Gasteiger partial charge in [0.05, 0.1) is 5.52 Å². The van der Waals surface area contributed by atoms with Crippen molar-refractivity contribution in [2.45, 2.75) is 33.2 Å². The highest BCUT2D eigenvalue weighted by Gasteiger charge is 2.09. The summed E-state index contributed by atoms with van der Waals surface area (Å²) in [6.45, 7) is 8.23. The van der Waals surface area contributed by atoms with Crippen molar-refractivity contribution < 1.29 is 0 Å². The number of aromatic nitrogens is 1. The maximum atomic E-state index is 5.64. The van der Waals surface area contributed by atoms with Gasteiger partial charge in [0.2, 0.25) is 0 Å². The van der Waals surface area contributed by atoms with Crippen molar-refractivity contribution in [1.82, 2.24) is 9.88 Å². The molecule has 0 aliphatic rings. The summed E-state index contributed by atoms with van der Waals surface area (Å²) >= 11 is 0. The van der Waals surface area contributed by atoms with Crippen LogP contribution in [0.4, 0.5) is 0 Å². The Labute approximate surface area is 121 Å². The first-order chi connectivity index (χ1) is 9.74. The molecule has 0 spiro atoms. The first-order valence-corrected chi connectivity index (χ1v) is 7.52. The first-order valence-electron chi connectivity index (χ1n) is 7.52. The highest BCUT2D eigenvalue weighted by Crippen LogP contribution is 2.20. The molecule has 1 heterocycles. The molecule has 2 rings (SSSR count). The van der Waals surface area contributed by atoms with Crippen LogP contribution in [-0.2, 0) is 6.54 Å². The smallest absolute Gasteiger partial charge is 0.0708 e. The van der Waals surface area contributed by atoms with Gasteiger partial charge in [-0.15, -0.1) is 0 Å². The molecule has 0 fully saturated rings. The largest absolute Gasteiger partial charge is 0.330 e. The Hall–Kier alpha value is -1.45. The molecular formula is C17H25N3. The summed E-state index contributed by atoms with van der Waals surface area (Å²) < 4.78 is 0. The van der Waals surface area contributed by atoms with Crippen LogP contribution in [0.5, 0.6) is 0 Å². The van der Waals surface area contributed by atoms with Crippen molar-refractivity contribution >= 4 is 10.9 Å². The highest BCUT2D eigenvalue weighted by molar-refractivity contribution is 5.82.